The Morgan fingerprint density at radius 2 is 1.67 bits per heavy atom. The van der Waals surface area contributed by atoms with Crippen molar-refractivity contribution in [3.8, 4) is 15.4 Å². The number of halogens is 1. The predicted octanol–water partition coefficient (Wildman–Crippen LogP) is 7.53. The van der Waals surface area contributed by atoms with Gasteiger partial charge in [0.2, 0.25) is 17.7 Å². The fraction of sp³-hybridized carbons (Fsp3) is 0.481. The third-order valence-corrected chi connectivity index (χ3v) is 16.1. The first-order valence-electron chi connectivity index (χ1n) is 24.1. The summed E-state index contributed by atoms with van der Waals surface area (Å²) in [5, 5.41) is 27.9. The number of ether oxygens (including phenoxy) is 1. The Balaban J connectivity index is 0.797. The van der Waals surface area contributed by atoms with Crippen molar-refractivity contribution >= 4 is 57.7 Å². The van der Waals surface area contributed by atoms with Crippen LogP contribution in [-0.2, 0) is 19.1 Å². The van der Waals surface area contributed by atoms with Gasteiger partial charge in [-0.2, -0.15) is 0 Å². The quantitative estimate of drug-likeness (QED) is 0.0841. The van der Waals surface area contributed by atoms with E-state index in [2.05, 4.69) is 80.0 Å². The van der Waals surface area contributed by atoms with Gasteiger partial charge in [0, 0.05) is 85.1 Å². The minimum Gasteiger partial charge on any atom is -0.391 e. The number of carbonyl (C=O) groups is 3. The maximum absolute atomic E-state index is 14.3. The van der Waals surface area contributed by atoms with Gasteiger partial charge in [0.05, 0.1) is 40.4 Å². The van der Waals surface area contributed by atoms with Crippen LogP contribution in [0.25, 0.3) is 15.4 Å². The van der Waals surface area contributed by atoms with Crippen LogP contribution in [0.4, 0.5) is 0 Å². The van der Waals surface area contributed by atoms with E-state index < -0.39 is 29.6 Å². The zero-order chi connectivity index (χ0) is 50.0. The molecule has 70 heavy (non-hydrogen) atoms. The number of rotatable bonds is 16. The number of likely N-dealkylation sites (tertiary alicyclic amines) is 1. The fourth-order valence-electron chi connectivity index (χ4n) is 9.57. The highest BCUT2D eigenvalue weighted by molar-refractivity contribution is 7.15. The molecule has 3 aliphatic rings. The minimum atomic E-state index is -0.854. The highest BCUT2D eigenvalue weighted by atomic mass is 35.5. The number of nitrogens with zero attached hydrogens (tertiary/aromatic N) is 8. The van der Waals surface area contributed by atoms with Crippen LogP contribution in [0.5, 0.6) is 0 Å². The van der Waals surface area contributed by atoms with E-state index in [9.17, 15) is 19.5 Å². The lowest BCUT2D eigenvalue weighted by atomic mass is 9.85. The number of carbonyl (C=O) groups excluding carboxylic acids is 3. The summed E-state index contributed by atoms with van der Waals surface area (Å²) in [7, 11) is 0. The van der Waals surface area contributed by atoms with Gasteiger partial charge in [-0.1, -0.05) is 75.3 Å². The minimum absolute atomic E-state index is 0.0171. The van der Waals surface area contributed by atoms with E-state index >= 15 is 0 Å². The molecule has 3 amide bonds. The molecule has 2 saturated heterocycles. The van der Waals surface area contributed by atoms with Gasteiger partial charge in [-0.25, -0.2) is 4.98 Å². The van der Waals surface area contributed by atoms with E-state index in [-0.39, 0.29) is 43.3 Å². The smallest absolute Gasteiger partial charge is 0.246 e. The normalized spacial score (nSPS) is 19.2. The Morgan fingerprint density at radius 1 is 0.971 bits per heavy atom. The standard InChI is InChI=1S/C52H65ClN10O5S2/c1-30-34(5)70-51-45(30)46(37-15-17-39(53)18-16-37)56-41(49-59-58-35(6)63(49)51)26-44(66)61-22-20-60(21-23-61)19-10-24-68-28-43(65)57-48(52(7,8)9)50(67)62-27-40(64)25-42(62)32(3)55-31(2)36-11-13-38(14-12-36)47-33(4)54-29-69-47/h11-18,29,31,40-42,48,55,64H,3,10,19-28H2,1-2,4-9H3,(H,57,65)/t31-,40+,41-,42-,48+/m0/s1. The number of aliphatic hydroxyl groups excluding tert-OH is 1. The van der Waals surface area contributed by atoms with Gasteiger partial charge < -0.3 is 30.3 Å². The van der Waals surface area contributed by atoms with Gasteiger partial charge in [-0.05, 0) is 75.3 Å². The molecule has 18 heteroatoms. The number of aliphatic imine (C=N–C) groups is 1. The number of thiophene rings is 1. The van der Waals surface area contributed by atoms with Crippen molar-refractivity contribution in [1.29, 1.82) is 0 Å². The van der Waals surface area contributed by atoms with E-state index in [1.165, 1.54) is 4.88 Å². The Morgan fingerprint density at radius 3 is 2.34 bits per heavy atom. The third kappa shape index (κ3) is 11.2. The molecule has 0 aliphatic carbocycles. The number of hydrogen-bond donors (Lipinski definition) is 3. The van der Waals surface area contributed by atoms with E-state index in [0.717, 1.165) is 61.5 Å². The van der Waals surface area contributed by atoms with Gasteiger partial charge in [0.25, 0.3) is 0 Å². The number of β-amino-alcohol motifs (C(OH)–C–C–N with tert-alkyl or cyclic N) is 1. The van der Waals surface area contributed by atoms with Crippen molar-refractivity contribution in [2.24, 2.45) is 10.4 Å². The number of aromatic nitrogens is 4. The van der Waals surface area contributed by atoms with Crippen LogP contribution in [-0.4, -0.2) is 134 Å². The monoisotopic (exact) mass is 1010 g/mol. The highest BCUT2D eigenvalue weighted by Gasteiger charge is 2.43. The van der Waals surface area contributed by atoms with Crippen molar-refractivity contribution in [2.45, 2.75) is 105 Å². The molecule has 0 spiro atoms. The number of piperazine rings is 1. The van der Waals surface area contributed by atoms with Crippen LogP contribution in [0.3, 0.4) is 0 Å². The first-order valence-corrected chi connectivity index (χ1v) is 26.1. The number of thiazole rings is 1. The number of benzene rings is 2. The molecule has 5 atom stereocenters. The molecule has 3 aliphatic heterocycles. The van der Waals surface area contributed by atoms with E-state index in [0.29, 0.717) is 62.2 Å². The second-order valence-corrected chi connectivity index (χ2v) is 22.3. The Bertz CT molecular complexity index is 2730. The summed E-state index contributed by atoms with van der Waals surface area (Å²) in [5.41, 5.74) is 8.96. The van der Waals surface area contributed by atoms with Gasteiger partial charge in [0.15, 0.2) is 5.82 Å². The largest absolute Gasteiger partial charge is 0.391 e. The highest BCUT2D eigenvalue weighted by Crippen LogP contribution is 2.40. The maximum Gasteiger partial charge on any atom is 0.246 e. The van der Waals surface area contributed by atoms with Crippen molar-refractivity contribution in [3.63, 3.8) is 0 Å². The molecule has 2 aromatic carbocycles. The second kappa shape index (κ2) is 21.6. The van der Waals surface area contributed by atoms with Crippen molar-refractivity contribution in [3.05, 3.63) is 116 Å². The summed E-state index contributed by atoms with van der Waals surface area (Å²) in [5.74, 6) is 0.771. The summed E-state index contributed by atoms with van der Waals surface area (Å²) in [6.07, 6.45) is 0.483. The molecule has 372 valence electrons. The summed E-state index contributed by atoms with van der Waals surface area (Å²) in [6, 6.07) is 14.1. The van der Waals surface area contributed by atoms with E-state index in [1.807, 2.05) is 76.2 Å². The number of aryl methyl sites for hydroxylation is 3. The molecule has 5 aromatic rings. The predicted molar refractivity (Wildman–Crippen MR) is 277 cm³/mol. The Kier molecular flexibility index (Phi) is 15.8. The average Bonchev–Trinajstić information content (AvgIpc) is 4.10. The summed E-state index contributed by atoms with van der Waals surface area (Å²) in [4.78, 5) is 59.4. The van der Waals surface area contributed by atoms with Gasteiger partial charge in [-0.3, -0.25) is 28.8 Å². The molecule has 3 N–H and O–H groups in total. The van der Waals surface area contributed by atoms with Crippen molar-refractivity contribution < 1.29 is 24.2 Å². The Hall–Kier alpha value is -5.30. The maximum atomic E-state index is 14.3. The third-order valence-electron chi connectivity index (χ3n) is 13.6. The zero-order valence-corrected chi connectivity index (χ0v) is 43.8. The molecule has 0 unspecified atom stereocenters. The first-order chi connectivity index (χ1) is 33.4. The fourth-order valence-corrected chi connectivity index (χ4v) is 11.7. The lowest BCUT2D eigenvalue weighted by molar-refractivity contribution is -0.141. The van der Waals surface area contributed by atoms with Gasteiger partial charge in [0.1, 0.15) is 29.5 Å². The number of nitrogens with one attached hydrogen (secondary N) is 2. The van der Waals surface area contributed by atoms with E-state index in [1.54, 1.807) is 27.6 Å². The van der Waals surface area contributed by atoms with E-state index in [4.69, 9.17) is 21.3 Å². The molecular formula is C52H65ClN10O5S2. The van der Waals surface area contributed by atoms with Crippen molar-refractivity contribution in [2.75, 3.05) is 52.5 Å². The topological polar surface area (TPSA) is 170 Å². The van der Waals surface area contributed by atoms with Gasteiger partial charge >= 0.3 is 0 Å². The summed E-state index contributed by atoms with van der Waals surface area (Å²) >= 11 is 9.59. The number of aliphatic hydroxyl groups is 1. The number of fused-ring (bicyclic) bond motifs is 3. The average molecular weight is 1010 g/mol. The molecule has 0 saturated carbocycles. The SMILES string of the molecule is C=C(N[C@@H](C)c1ccc(-c2scnc2C)cc1)[C@@H]1C[C@@H](O)CN1C(=O)[C@@H](NC(=O)COCCCN1CCN(C(=O)C[C@@H]2N=C(c3ccc(Cl)cc3)c3c(sc(C)c3C)-n3c(C)nnc32)CC1)C(C)(C)C. The molecule has 0 radical (unpaired) electrons. The molecule has 3 aromatic heterocycles. The molecule has 8 rings (SSSR count). The van der Waals surface area contributed by atoms with Crippen LogP contribution >= 0.6 is 34.3 Å². The second-order valence-electron chi connectivity index (χ2n) is 19.8. The number of hydrogen-bond acceptors (Lipinski definition) is 13. The zero-order valence-electron chi connectivity index (χ0n) is 41.4. The van der Waals surface area contributed by atoms with Crippen molar-refractivity contribution in [1.82, 2.24) is 45.1 Å². The van der Waals surface area contributed by atoms with Gasteiger partial charge in [-0.15, -0.1) is 32.9 Å². The molecule has 0 bridgehead atoms. The van der Waals surface area contributed by atoms with Crippen LogP contribution in [0.1, 0.15) is 104 Å². The summed E-state index contributed by atoms with van der Waals surface area (Å²) < 4.78 is 7.90. The van der Waals surface area contributed by atoms with Crippen LogP contribution < -0.4 is 10.6 Å². The first kappa shape index (κ1) is 51.1. The molecule has 6 heterocycles. The number of amides is 3. The molecular weight excluding hydrogens is 944 g/mol. The lowest BCUT2D eigenvalue weighted by Gasteiger charge is -2.36. The van der Waals surface area contributed by atoms with Crippen LogP contribution in [0.15, 0.2) is 71.3 Å². The Labute approximate surface area is 424 Å². The van der Waals surface area contributed by atoms with Crippen LogP contribution in [0, 0.1) is 33.1 Å². The summed E-state index contributed by atoms with van der Waals surface area (Å²) in [6.45, 7) is 23.9. The molecule has 2 fully saturated rings. The van der Waals surface area contributed by atoms with Crippen LogP contribution in [0.2, 0.25) is 5.02 Å². The lowest BCUT2D eigenvalue weighted by Crippen LogP contribution is -2.57. The molecule has 15 nitrogen and oxygen atoms in total.